The fraction of sp³-hybridized carbons (Fsp3) is 0.706. The third-order valence-electron chi connectivity index (χ3n) is 4.96. The lowest BCUT2D eigenvalue weighted by molar-refractivity contribution is -0.122. The van der Waals surface area contributed by atoms with E-state index < -0.39 is 0 Å². The number of piperidine rings is 1. The zero-order valence-electron chi connectivity index (χ0n) is 13.5. The van der Waals surface area contributed by atoms with Gasteiger partial charge in [-0.2, -0.15) is 0 Å². The highest BCUT2D eigenvalue weighted by atomic mass is 32.1. The topological polar surface area (TPSA) is 35.6 Å². The zero-order valence-corrected chi connectivity index (χ0v) is 14.3. The molecule has 0 spiro atoms. The second-order valence-corrected chi connectivity index (χ2v) is 7.63. The molecule has 1 atom stereocenters. The highest BCUT2D eigenvalue weighted by Gasteiger charge is 2.34. The number of hydrogen-bond acceptors (Lipinski definition) is 4. The molecule has 0 radical (unpaired) electrons. The molecule has 4 nitrogen and oxygen atoms in total. The third-order valence-corrected chi connectivity index (χ3v) is 5.83. The van der Waals surface area contributed by atoms with E-state index in [-0.39, 0.29) is 5.91 Å². The molecule has 1 unspecified atom stereocenters. The lowest BCUT2D eigenvalue weighted by Gasteiger charge is -2.49. The Labute approximate surface area is 137 Å². The van der Waals surface area contributed by atoms with Crippen LogP contribution in [0.2, 0.25) is 0 Å². The lowest BCUT2D eigenvalue weighted by Crippen LogP contribution is -2.62. The zero-order chi connectivity index (χ0) is 15.4. The van der Waals surface area contributed by atoms with Gasteiger partial charge in [0.1, 0.15) is 0 Å². The Kier molecular flexibility index (Phi) is 5.50. The number of hydrogen-bond donors (Lipinski definition) is 1. The van der Waals surface area contributed by atoms with Crippen LogP contribution in [-0.4, -0.2) is 54.0 Å². The number of nitrogens with zero attached hydrogens (tertiary/aromatic N) is 2. The Morgan fingerprint density at radius 2 is 2.27 bits per heavy atom. The molecule has 2 fully saturated rings. The van der Waals surface area contributed by atoms with Crippen molar-refractivity contribution < 1.29 is 4.79 Å². The fourth-order valence-electron chi connectivity index (χ4n) is 3.54. The average molecular weight is 321 g/mol. The van der Waals surface area contributed by atoms with Crippen molar-refractivity contribution in [1.29, 1.82) is 0 Å². The van der Waals surface area contributed by atoms with Crippen LogP contribution in [0.4, 0.5) is 0 Å². The van der Waals surface area contributed by atoms with Crippen LogP contribution in [0.1, 0.15) is 37.5 Å². The maximum absolute atomic E-state index is 11.9. The summed E-state index contributed by atoms with van der Waals surface area (Å²) in [5.74, 6) is 0.170. The van der Waals surface area contributed by atoms with Crippen molar-refractivity contribution in [2.24, 2.45) is 0 Å². The summed E-state index contributed by atoms with van der Waals surface area (Å²) >= 11 is 1.69. The van der Waals surface area contributed by atoms with Crippen LogP contribution >= 0.6 is 11.3 Å². The van der Waals surface area contributed by atoms with Gasteiger partial charge in [0.25, 0.3) is 0 Å². The van der Waals surface area contributed by atoms with Gasteiger partial charge in [0, 0.05) is 43.0 Å². The minimum absolute atomic E-state index is 0.170. The van der Waals surface area contributed by atoms with Gasteiger partial charge in [0.05, 0.1) is 6.54 Å². The molecule has 3 heterocycles. The van der Waals surface area contributed by atoms with E-state index in [1.165, 1.54) is 30.7 Å². The Morgan fingerprint density at radius 1 is 1.41 bits per heavy atom. The quantitative estimate of drug-likeness (QED) is 0.873. The summed E-state index contributed by atoms with van der Waals surface area (Å²) in [5.41, 5.74) is 0. The standard InChI is InChI=1S/C17H27N3OS/c1-14-5-2-3-8-20(14)15-12-19(13-15)9-7-17(21)18-11-16-6-4-10-22-16/h4,6,10,14-15H,2-3,5,7-9,11-13H2,1H3,(H,18,21). The van der Waals surface area contributed by atoms with Gasteiger partial charge in [0.2, 0.25) is 5.91 Å². The van der Waals surface area contributed by atoms with Crippen molar-refractivity contribution in [1.82, 2.24) is 15.1 Å². The Balaban J connectivity index is 1.30. The number of nitrogens with one attached hydrogen (secondary N) is 1. The van der Waals surface area contributed by atoms with Crippen molar-refractivity contribution in [3.05, 3.63) is 22.4 Å². The summed E-state index contributed by atoms with van der Waals surface area (Å²) < 4.78 is 0. The fourth-order valence-corrected chi connectivity index (χ4v) is 4.19. The SMILES string of the molecule is CC1CCCCN1C1CN(CCC(=O)NCc2cccs2)C1. The molecule has 1 aromatic rings. The van der Waals surface area contributed by atoms with Crippen LogP contribution in [0.25, 0.3) is 0 Å². The molecule has 0 saturated carbocycles. The number of likely N-dealkylation sites (tertiary alicyclic amines) is 2. The molecule has 22 heavy (non-hydrogen) atoms. The maximum Gasteiger partial charge on any atom is 0.221 e. The average Bonchev–Trinajstić information content (AvgIpc) is 2.98. The van der Waals surface area contributed by atoms with Gasteiger partial charge < -0.3 is 5.32 Å². The van der Waals surface area contributed by atoms with E-state index in [9.17, 15) is 4.79 Å². The summed E-state index contributed by atoms with van der Waals surface area (Å²) in [6.45, 7) is 7.48. The molecule has 2 aliphatic heterocycles. The molecule has 1 amide bonds. The smallest absolute Gasteiger partial charge is 0.221 e. The normalized spacial score (nSPS) is 24.1. The molecular weight excluding hydrogens is 294 g/mol. The molecule has 0 bridgehead atoms. The Hall–Kier alpha value is -0.910. The van der Waals surface area contributed by atoms with E-state index in [4.69, 9.17) is 0 Å². The molecule has 5 heteroatoms. The molecule has 1 N–H and O–H groups in total. The maximum atomic E-state index is 11.9. The Bertz CT molecular complexity index is 470. The van der Waals surface area contributed by atoms with Gasteiger partial charge in [-0.05, 0) is 37.8 Å². The van der Waals surface area contributed by atoms with Gasteiger partial charge in [-0.15, -0.1) is 11.3 Å². The molecule has 122 valence electrons. The predicted molar refractivity (Wildman–Crippen MR) is 91.0 cm³/mol. The molecular formula is C17H27N3OS. The van der Waals surface area contributed by atoms with E-state index in [0.29, 0.717) is 13.0 Å². The molecule has 3 rings (SSSR count). The van der Waals surface area contributed by atoms with Crippen LogP contribution in [0.5, 0.6) is 0 Å². The highest BCUT2D eigenvalue weighted by molar-refractivity contribution is 7.09. The van der Waals surface area contributed by atoms with Crippen molar-refractivity contribution >= 4 is 17.2 Å². The first kappa shape index (κ1) is 16.0. The van der Waals surface area contributed by atoms with Crippen LogP contribution < -0.4 is 5.32 Å². The lowest BCUT2D eigenvalue weighted by atomic mass is 9.97. The minimum atomic E-state index is 0.170. The summed E-state index contributed by atoms with van der Waals surface area (Å²) in [6.07, 6.45) is 4.71. The summed E-state index contributed by atoms with van der Waals surface area (Å²) in [6, 6.07) is 5.55. The van der Waals surface area contributed by atoms with Crippen LogP contribution in [0.3, 0.4) is 0 Å². The first-order valence-electron chi connectivity index (χ1n) is 8.49. The molecule has 0 aliphatic carbocycles. The number of carbonyl (C=O) groups is 1. The van der Waals surface area contributed by atoms with Crippen molar-refractivity contribution in [3.63, 3.8) is 0 Å². The summed E-state index contributed by atoms with van der Waals surface area (Å²) in [5, 5.41) is 5.05. The van der Waals surface area contributed by atoms with Gasteiger partial charge in [-0.25, -0.2) is 0 Å². The number of thiophene rings is 1. The first-order valence-corrected chi connectivity index (χ1v) is 9.37. The highest BCUT2D eigenvalue weighted by Crippen LogP contribution is 2.24. The summed E-state index contributed by atoms with van der Waals surface area (Å²) in [4.78, 5) is 18.2. The number of amides is 1. The molecule has 2 aliphatic rings. The van der Waals surface area contributed by atoms with Gasteiger partial charge in [-0.3, -0.25) is 14.6 Å². The van der Waals surface area contributed by atoms with Crippen LogP contribution in [0.15, 0.2) is 17.5 Å². The second-order valence-electron chi connectivity index (χ2n) is 6.60. The van der Waals surface area contributed by atoms with E-state index in [0.717, 1.165) is 31.7 Å². The van der Waals surface area contributed by atoms with Gasteiger partial charge in [0.15, 0.2) is 0 Å². The molecule has 2 saturated heterocycles. The molecule has 0 aromatic carbocycles. The van der Waals surface area contributed by atoms with Gasteiger partial charge >= 0.3 is 0 Å². The van der Waals surface area contributed by atoms with Crippen LogP contribution in [-0.2, 0) is 11.3 Å². The Morgan fingerprint density at radius 3 is 3.00 bits per heavy atom. The number of rotatable bonds is 6. The summed E-state index contributed by atoms with van der Waals surface area (Å²) in [7, 11) is 0. The van der Waals surface area contributed by atoms with E-state index >= 15 is 0 Å². The van der Waals surface area contributed by atoms with Crippen molar-refractivity contribution in [3.8, 4) is 0 Å². The first-order chi connectivity index (χ1) is 10.7. The second kappa shape index (κ2) is 7.57. The van der Waals surface area contributed by atoms with Gasteiger partial charge in [-0.1, -0.05) is 12.5 Å². The van der Waals surface area contributed by atoms with Crippen LogP contribution in [0, 0.1) is 0 Å². The van der Waals surface area contributed by atoms with Crippen molar-refractivity contribution in [2.75, 3.05) is 26.2 Å². The van der Waals surface area contributed by atoms with E-state index in [1.807, 2.05) is 11.4 Å². The van der Waals surface area contributed by atoms with E-state index in [2.05, 4.69) is 28.1 Å². The van der Waals surface area contributed by atoms with Crippen molar-refractivity contribution in [2.45, 2.75) is 51.2 Å². The largest absolute Gasteiger partial charge is 0.351 e. The minimum Gasteiger partial charge on any atom is -0.351 e. The monoisotopic (exact) mass is 321 g/mol. The third kappa shape index (κ3) is 4.09. The van der Waals surface area contributed by atoms with E-state index in [1.54, 1.807) is 11.3 Å². The number of carbonyl (C=O) groups excluding carboxylic acids is 1. The predicted octanol–water partition coefficient (Wildman–Crippen LogP) is 2.31. The molecule has 1 aromatic heterocycles.